The Bertz CT molecular complexity index is 1460. The minimum Gasteiger partial charge on any atom is -0.345 e. The zero-order valence-corrected chi connectivity index (χ0v) is 20.4. The molecule has 4 heterocycles. The first-order chi connectivity index (χ1) is 16.4. The van der Waals surface area contributed by atoms with Crippen LogP contribution in [0.1, 0.15) is 39.0 Å². The summed E-state index contributed by atoms with van der Waals surface area (Å²) in [7, 11) is 1.81. The van der Waals surface area contributed by atoms with Gasteiger partial charge in [-0.1, -0.05) is 24.1 Å². The second kappa shape index (κ2) is 7.85. The van der Waals surface area contributed by atoms with Crippen LogP contribution in [0.4, 0.5) is 5.95 Å². The molecule has 4 aromatic rings. The summed E-state index contributed by atoms with van der Waals surface area (Å²) in [5, 5.41) is 6.57. The first-order valence-electron chi connectivity index (χ1n) is 12.2. The van der Waals surface area contributed by atoms with Crippen molar-refractivity contribution < 1.29 is 0 Å². The summed E-state index contributed by atoms with van der Waals surface area (Å²) in [6.45, 7) is 4.55. The van der Waals surface area contributed by atoms with Crippen molar-refractivity contribution >= 4 is 39.5 Å². The van der Waals surface area contributed by atoms with E-state index in [1.807, 2.05) is 43.2 Å². The average Bonchev–Trinajstić information content (AvgIpc) is 3.55. The standard InChI is InChI=1S/C25H30ClN7O/c1-3-33-14-17-18(30-33)7-6-15(21(17)26)16-13-28-22-20(16)23(34)31(2)24(29-22)32-11-9-25(10-12-32)8-4-5-19(25)27/h6-7,13-14,19,28H,3-5,8-12,27H2,1-2H3. The van der Waals surface area contributed by atoms with Crippen molar-refractivity contribution in [2.24, 2.45) is 18.2 Å². The van der Waals surface area contributed by atoms with Crippen LogP contribution in [0.5, 0.6) is 0 Å². The molecule has 0 amide bonds. The van der Waals surface area contributed by atoms with Crippen molar-refractivity contribution in [1.29, 1.82) is 0 Å². The molecule has 1 atom stereocenters. The minimum atomic E-state index is -0.0745. The number of aromatic nitrogens is 5. The quantitative estimate of drug-likeness (QED) is 0.462. The molecule has 2 aliphatic rings. The normalized spacial score (nSPS) is 20.2. The van der Waals surface area contributed by atoms with E-state index in [4.69, 9.17) is 22.3 Å². The summed E-state index contributed by atoms with van der Waals surface area (Å²) in [6, 6.07) is 4.18. The third-order valence-corrected chi connectivity index (χ3v) is 8.60. The highest BCUT2D eigenvalue weighted by atomic mass is 35.5. The number of nitrogens with one attached hydrogen (secondary N) is 1. The zero-order chi connectivity index (χ0) is 23.6. The van der Waals surface area contributed by atoms with Gasteiger partial charge in [0.15, 0.2) is 0 Å². The van der Waals surface area contributed by atoms with Crippen LogP contribution in [0, 0.1) is 5.41 Å². The Morgan fingerprint density at radius 3 is 2.74 bits per heavy atom. The van der Waals surface area contributed by atoms with Gasteiger partial charge in [-0.05, 0) is 44.1 Å². The van der Waals surface area contributed by atoms with Crippen LogP contribution in [0.25, 0.3) is 33.1 Å². The van der Waals surface area contributed by atoms with Crippen molar-refractivity contribution in [3.05, 3.63) is 39.9 Å². The second-order valence-corrected chi connectivity index (χ2v) is 10.3. The molecular formula is C25H30ClN7O. The van der Waals surface area contributed by atoms with Crippen molar-refractivity contribution in [2.45, 2.75) is 51.6 Å². The van der Waals surface area contributed by atoms with Gasteiger partial charge in [-0.3, -0.25) is 14.0 Å². The topological polar surface area (TPSA) is 97.8 Å². The van der Waals surface area contributed by atoms with Gasteiger partial charge in [-0.25, -0.2) is 0 Å². The summed E-state index contributed by atoms with van der Waals surface area (Å²) in [6.07, 6.45) is 9.46. The number of fused-ring (bicyclic) bond motifs is 2. The van der Waals surface area contributed by atoms with Crippen LogP contribution in [-0.4, -0.2) is 43.4 Å². The molecule has 1 saturated heterocycles. The molecule has 178 valence electrons. The van der Waals surface area contributed by atoms with E-state index in [2.05, 4.69) is 15.0 Å². The van der Waals surface area contributed by atoms with Crippen LogP contribution >= 0.6 is 11.6 Å². The van der Waals surface area contributed by atoms with E-state index in [9.17, 15) is 4.79 Å². The smallest absolute Gasteiger partial charge is 0.264 e. The Labute approximate surface area is 202 Å². The van der Waals surface area contributed by atoms with Crippen molar-refractivity contribution in [2.75, 3.05) is 18.0 Å². The fourth-order valence-electron chi connectivity index (χ4n) is 6.06. The molecule has 3 aromatic heterocycles. The number of aromatic amines is 1. The molecule has 9 heteroatoms. The van der Waals surface area contributed by atoms with E-state index in [1.165, 1.54) is 12.8 Å². The number of H-pyrrole nitrogens is 1. The molecule has 3 N–H and O–H groups in total. The van der Waals surface area contributed by atoms with Gasteiger partial charge in [0.05, 0.1) is 15.9 Å². The van der Waals surface area contributed by atoms with E-state index < -0.39 is 0 Å². The Hall–Kier alpha value is -2.84. The Morgan fingerprint density at radius 2 is 2.03 bits per heavy atom. The third kappa shape index (κ3) is 3.11. The summed E-state index contributed by atoms with van der Waals surface area (Å²) in [5.41, 5.74) is 9.65. The van der Waals surface area contributed by atoms with E-state index in [0.717, 1.165) is 60.9 Å². The maximum atomic E-state index is 13.6. The fourth-order valence-corrected chi connectivity index (χ4v) is 6.37. The lowest BCUT2D eigenvalue weighted by molar-refractivity contribution is 0.196. The fraction of sp³-hybridized carbons (Fsp3) is 0.480. The molecule has 1 aliphatic heterocycles. The molecule has 34 heavy (non-hydrogen) atoms. The number of anilines is 1. The minimum absolute atomic E-state index is 0.0745. The lowest BCUT2D eigenvalue weighted by Gasteiger charge is -2.42. The Balaban J connectivity index is 1.39. The maximum absolute atomic E-state index is 13.6. The number of nitrogens with two attached hydrogens (primary N) is 1. The number of nitrogens with zero attached hydrogens (tertiary/aromatic N) is 5. The van der Waals surface area contributed by atoms with Crippen LogP contribution < -0.4 is 16.2 Å². The molecule has 1 spiro atoms. The molecule has 2 fully saturated rings. The molecule has 1 aliphatic carbocycles. The predicted octanol–water partition coefficient (Wildman–Crippen LogP) is 4.05. The summed E-state index contributed by atoms with van der Waals surface area (Å²) < 4.78 is 3.54. The van der Waals surface area contributed by atoms with Gasteiger partial charge in [-0.15, -0.1) is 0 Å². The van der Waals surface area contributed by atoms with Gasteiger partial charge < -0.3 is 15.6 Å². The lowest BCUT2D eigenvalue weighted by atomic mass is 9.74. The highest BCUT2D eigenvalue weighted by molar-refractivity contribution is 6.38. The first-order valence-corrected chi connectivity index (χ1v) is 12.5. The molecule has 1 saturated carbocycles. The molecule has 1 aromatic carbocycles. The molecule has 6 rings (SSSR count). The highest BCUT2D eigenvalue weighted by Gasteiger charge is 2.43. The average molecular weight is 480 g/mol. The molecule has 0 bridgehead atoms. The number of hydrogen-bond acceptors (Lipinski definition) is 5. The van der Waals surface area contributed by atoms with Crippen molar-refractivity contribution in [3.63, 3.8) is 0 Å². The van der Waals surface area contributed by atoms with Gasteiger partial charge in [0.2, 0.25) is 5.95 Å². The highest BCUT2D eigenvalue weighted by Crippen LogP contribution is 2.46. The summed E-state index contributed by atoms with van der Waals surface area (Å²) >= 11 is 6.80. The van der Waals surface area contributed by atoms with E-state index in [0.29, 0.717) is 28.0 Å². The lowest BCUT2D eigenvalue weighted by Crippen LogP contribution is -2.48. The van der Waals surface area contributed by atoms with E-state index in [1.54, 1.807) is 4.57 Å². The van der Waals surface area contributed by atoms with Crippen LogP contribution in [0.3, 0.4) is 0 Å². The van der Waals surface area contributed by atoms with Crippen molar-refractivity contribution in [1.82, 2.24) is 24.3 Å². The molecule has 0 radical (unpaired) electrons. The number of aryl methyl sites for hydroxylation is 1. The third-order valence-electron chi connectivity index (χ3n) is 8.19. The van der Waals surface area contributed by atoms with Gasteiger partial charge >= 0.3 is 0 Å². The van der Waals surface area contributed by atoms with Gasteiger partial charge in [0, 0.05) is 61.6 Å². The van der Waals surface area contributed by atoms with Crippen LogP contribution in [0.2, 0.25) is 5.02 Å². The van der Waals surface area contributed by atoms with E-state index >= 15 is 0 Å². The SMILES string of the molecule is CCn1cc2c(Cl)c(-c3c[nH]c4nc(N5CCC6(CCCC6N)CC5)n(C)c(=O)c34)ccc2n1. The number of halogens is 1. The second-order valence-electron chi connectivity index (χ2n) is 9.89. The van der Waals surface area contributed by atoms with Crippen LogP contribution in [0.15, 0.2) is 29.3 Å². The van der Waals surface area contributed by atoms with Crippen LogP contribution in [-0.2, 0) is 13.6 Å². The maximum Gasteiger partial charge on any atom is 0.264 e. The first kappa shape index (κ1) is 21.7. The Morgan fingerprint density at radius 1 is 1.24 bits per heavy atom. The molecule has 1 unspecified atom stereocenters. The Kier molecular flexibility index (Phi) is 5.00. The predicted molar refractivity (Wildman–Crippen MR) is 136 cm³/mol. The molecule has 8 nitrogen and oxygen atoms in total. The molecular weight excluding hydrogens is 450 g/mol. The van der Waals surface area contributed by atoms with Gasteiger partial charge in [-0.2, -0.15) is 10.1 Å². The van der Waals surface area contributed by atoms with Gasteiger partial charge in [0.25, 0.3) is 5.56 Å². The summed E-state index contributed by atoms with van der Waals surface area (Å²) in [5.74, 6) is 0.707. The number of hydrogen-bond donors (Lipinski definition) is 2. The summed E-state index contributed by atoms with van der Waals surface area (Å²) in [4.78, 5) is 23.9. The van der Waals surface area contributed by atoms with Gasteiger partial charge in [0.1, 0.15) is 5.65 Å². The number of rotatable bonds is 3. The zero-order valence-electron chi connectivity index (χ0n) is 19.6. The van der Waals surface area contributed by atoms with E-state index in [-0.39, 0.29) is 11.0 Å². The number of piperidine rings is 1. The monoisotopic (exact) mass is 479 g/mol. The number of benzene rings is 1. The van der Waals surface area contributed by atoms with Crippen molar-refractivity contribution in [3.8, 4) is 11.1 Å². The largest absolute Gasteiger partial charge is 0.345 e.